The third-order valence-corrected chi connectivity index (χ3v) is 8.40. The average molecular weight is 515 g/mol. The van der Waals surface area contributed by atoms with E-state index in [9.17, 15) is 14.4 Å². The topological polar surface area (TPSA) is 100 Å². The zero-order valence-electron chi connectivity index (χ0n) is 21.1. The van der Waals surface area contributed by atoms with Crippen molar-refractivity contribution in [2.24, 2.45) is 16.9 Å². The molecular weight excluding hydrogens is 476 g/mol. The van der Waals surface area contributed by atoms with Crippen LogP contribution in [0.3, 0.4) is 0 Å². The van der Waals surface area contributed by atoms with Gasteiger partial charge in [-0.25, -0.2) is 5.43 Å². The zero-order chi connectivity index (χ0) is 25.3. The minimum absolute atomic E-state index is 0.0890. The molecule has 1 saturated carbocycles. The number of nitrogens with one attached hydrogen (secondary N) is 2. The van der Waals surface area contributed by atoms with Gasteiger partial charge in [0.05, 0.1) is 0 Å². The van der Waals surface area contributed by atoms with Crippen LogP contribution in [0, 0.1) is 11.8 Å². The van der Waals surface area contributed by atoms with Crippen molar-refractivity contribution in [3.63, 3.8) is 0 Å². The van der Waals surface area contributed by atoms with Gasteiger partial charge in [-0.05, 0) is 37.2 Å². The number of hydrogen-bond donors (Lipinski definition) is 2. The SMILES string of the molecule is C[C@@H]1CN(Cc2ccccc2)C(=NNC(=O)C(=O)[C@H](NC(=O)C2CCCCCC2)C2CCOCC2)S1. The molecule has 2 N–H and O–H groups in total. The highest BCUT2D eigenvalue weighted by Gasteiger charge is 2.36. The van der Waals surface area contributed by atoms with Crippen LogP contribution >= 0.6 is 11.8 Å². The van der Waals surface area contributed by atoms with Gasteiger partial charge in [0.2, 0.25) is 11.7 Å². The van der Waals surface area contributed by atoms with Gasteiger partial charge in [0.1, 0.15) is 6.04 Å². The van der Waals surface area contributed by atoms with E-state index < -0.39 is 17.7 Å². The molecule has 2 saturated heterocycles. The van der Waals surface area contributed by atoms with Gasteiger partial charge in [-0.15, -0.1) is 5.10 Å². The summed E-state index contributed by atoms with van der Waals surface area (Å²) in [7, 11) is 0. The first-order valence-electron chi connectivity index (χ1n) is 13.3. The molecule has 196 valence electrons. The molecule has 2 heterocycles. The molecule has 3 fully saturated rings. The zero-order valence-corrected chi connectivity index (χ0v) is 21.9. The van der Waals surface area contributed by atoms with Crippen LogP contribution in [-0.4, -0.2) is 58.7 Å². The Bertz CT molecular complexity index is 927. The number of hydrazone groups is 1. The van der Waals surface area contributed by atoms with E-state index in [1.165, 1.54) is 0 Å². The van der Waals surface area contributed by atoms with Gasteiger partial charge in [0.15, 0.2) is 5.17 Å². The maximum atomic E-state index is 13.3. The first-order chi connectivity index (χ1) is 17.5. The van der Waals surface area contributed by atoms with E-state index >= 15 is 0 Å². The van der Waals surface area contributed by atoms with Crippen molar-refractivity contribution >= 4 is 34.5 Å². The van der Waals surface area contributed by atoms with Gasteiger partial charge in [0, 0.05) is 37.5 Å². The molecule has 0 radical (unpaired) electrons. The second-order valence-electron chi connectivity index (χ2n) is 10.1. The Balaban J connectivity index is 1.42. The molecule has 4 rings (SSSR count). The third kappa shape index (κ3) is 7.32. The van der Waals surface area contributed by atoms with Crippen LogP contribution in [0.4, 0.5) is 0 Å². The number of benzene rings is 1. The maximum absolute atomic E-state index is 13.3. The first kappa shape index (κ1) is 26.7. The lowest BCUT2D eigenvalue weighted by atomic mass is 9.87. The number of Topliss-reactive ketones (excluding diaryl/α,β-unsaturated/α-hetero) is 1. The maximum Gasteiger partial charge on any atom is 0.309 e. The Morgan fingerprint density at radius 1 is 1.06 bits per heavy atom. The lowest BCUT2D eigenvalue weighted by molar-refractivity contribution is -0.142. The minimum Gasteiger partial charge on any atom is -0.381 e. The fourth-order valence-electron chi connectivity index (χ4n) is 5.27. The highest BCUT2D eigenvalue weighted by atomic mass is 32.2. The van der Waals surface area contributed by atoms with Crippen LogP contribution in [0.2, 0.25) is 0 Å². The molecule has 2 amide bonds. The largest absolute Gasteiger partial charge is 0.381 e. The molecule has 2 atom stereocenters. The summed E-state index contributed by atoms with van der Waals surface area (Å²) in [6, 6.07) is 9.25. The normalized spacial score (nSPS) is 23.8. The molecule has 0 aromatic heterocycles. The van der Waals surface area contributed by atoms with Crippen LogP contribution in [0.25, 0.3) is 0 Å². The van der Waals surface area contributed by atoms with Crippen molar-refractivity contribution in [2.75, 3.05) is 19.8 Å². The average Bonchev–Trinajstić information content (AvgIpc) is 3.08. The standard InChI is InChI=1S/C27H38N4O4S/c1-19-17-31(18-20-9-5-4-6-10-20)27(36-19)30-29-26(34)24(32)23(21-13-15-35-16-14-21)28-25(33)22-11-7-2-3-8-12-22/h4-6,9-10,19,21-23H,2-3,7-8,11-18H2,1H3,(H,28,33)(H,29,34)/t19-,23-/m1/s1. The number of nitrogens with zero attached hydrogens (tertiary/aromatic N) is 2. The van der Waals surface area contributed by atoms with Gasteiger partial charge >= 0.3 is 5.91 Å². The fourth-order valence-corrected chi connectivity index (χ4v) is 6.27. The van der Waals surface area contributed by atoms with Gasteiger partial charge in [-0.2, -0.15) is 0 Å². The van der Waals surface area contributed by atoms with Gasteiger partial charge < -0.3 is 15.0 Å². The Labute approximate surface area is 218 Å². The van der Waals surface area contributed by atoms with E-state index in [1.807, 2.05) is 18.2 Å². The second-order valence-corrected chi connectivity index (χ2v) is 11.5. The highest BCUT2D eigenvalue weighted by molar-refractivity contribution is 8.14. The number of amides is 2. The Hall–Kier alpha value is -2.39. The molecule has 1 aliphatic carbocycles. The van der Waals surface area contributed by atoms with Crippen molar-refractivity contribution in [1.82, 2.24) is 15.6 Å². The number of thioether (sulfide) groups is 1. The van der Waals surface area contributed by atoms with Crippen molar-refractivity contribution in [3.8, 4) is 0 Å². The molecule has 0 bridgehead atoms. The number of carbonyl (C=O) groups excluding carboxylic acids is 3. The van der Waals surface area contributed by atoms with Crippen LogP contribution in [-0.2, 0) is 25.7 Å². The predicted octanol–water partition coefficient (Wildman–Crippen LogP) is 3.46. The summed E-state index contributed by atoms with van der Waals surface area (Å²) in [5.74, 6) is -1.71. The van der Waals surface area contributed by atoms with E-state index in [2.05, 4.69) is 39.8 Å². The van der Waals surface area contributed by atoms with Crippen LogP contribution < -0.4 is 10.7 Å². The summed E-state index contributed by atoms with van der Waals surface area (Å²) in [6.07, 6.45) is 7.31. The third-order valence-electron chi connectivity index (χ3n) is 7.29. The second kappa shape index (κ2) is 13.2. The molecular formula is C27H38N4O4S. The van der Waals surface area contributed by atoms with Gasteiger partial charge in [0.25, 0.3) is 0 Å². The molecule has 9 heteroatoms. The number of ether oxygens (including phenoxy) is 1. The Morgan fingerprint density at radius 3 is 2.44 bits per heavy atom. The van der Waals surface area contributed by atoms with Crippen molar-refractivity contribution < 1.29 is 19.1 Å². The summed E-state index contributed by atoms with van der Waals surface area (Å²) < 4.78 is 5.46. The smallest absolute Gasteiger partial charge is 0.309 e. The van der Waals surface area contributed by atoms with Crippen molar-refractivity contribution in [2.45, 2.75) is 76.1 Å². The summed E-state index contributed by atoms with van der Waals surface area (Å²) in [5, 5.41) is 8.32. The number of ketones is 1. The fraction of sp³-hybridized carbons (Fsp3) is 0.630. The van der Waals surface area contributed by atoms with Gasteiger partial charge in [-0.3, -0.25) is 14.4 Å². The van der Waals surface area contributed by atoms with Crippen molar-refractivity contribution in [1.29, 1.82) is 0 Å². The van der Waals surface area contributed by atoms with Crippen LogP contribution in [0.15, 0.2) is 35.4 Å². The Morgan fingerprint density at radius 2 is 1.75 bits per heavy atom. The molecule has 36 heavy (non-hydrogen) atoms. The molecule has 1 aromatic carbocycles. The number of carbonyl (C=O) groups is 3. The Kier molecular flexibility index (Phi) is 9.81. The summed E-state index contributed by atoms with van der Waals surface area (Å²) in [6.45, 7) is 4.66. The van der Waals surface area contributed by atoms with E-state index in [-0.39, 0.29) is 17.7 Å². The highest BCUT2D eigenvalue weighted by Crippen LogP contribution is 2.27. The van der Waals surface area contributed by atoms with Crippen molar-refractivity contribution in [3.05, 3.63) is 35.9 Å². The van der Waals surface area contributed by atoms with Gasteiger partial charge in [-0.1, -0.05) is 74.7 Å². The first-order valence-corrected chi connectivity index (χ1v) is 14.1. The van der Waals surface area contributed by atoms with Crippen LogP contribution in [0.1, 0.15) is 63.9 Å². The molecule has 1 aromatic rings. The lowest BCUT2D eigenvalue weighted by Gasteiger charge is -2.30. The number of amidine groups is 1. The molecule has 3 aliphatic rings. The predicted molar refractivity (Wildman–Crippen MR) is 141 cm³/mol. The number of hydrogen-bond acceptors (Lipinski definition) is 6. The quantitative estimate of drug-likeness (QED) is 0.313. The minimum atomic E-state index is -0.847. The summed E-state index contributed by atoms with van der Waals surface area (Å²) >= 11 is 1.58. The van der Waals surface area contributed by atoms with E-state index in [1.54, 1.807) is 11.8 Å². The molecule has 2 aliphatic heterocycles. The van der Waals surface area contributed by atoms with E-state index in [4.69, 9.17) is 4.74 Å². The van der Waals surface area contributed by atoms with E-state index in [0.717, 1.165) is 50.6 Å². The summed E-state index contributed by atoms with van der Waals surface area (Å²) in [4.78, 5) is 41.5. The molecule has 8 nitrogen and oxygen atoms in total. The summed E-state index contributed by atoms with van der Waals surface area (Å²) in [5.41, 5.74) is 3.65. The lowest BCUT2D eigenvalue weighted by Crippen LogP contribution is -2.53. The van der Waals surface area contributed by atoms with Crippen LogP contribution in [0.5, 0.6) is 0 Å². The number of rotatable bonds is 8. The molecule has 0 unspecified atom stereocenters. The monoisotopic (exact) mass is 514 g/mol. The molecule has 0 spiro atoms. The van der Waals surface area contributed by atoms with E-state index in [0.29, 0.717) is 43.0 Å².